The van der Waals surface area contributed by atoms with Gasteiger partial charge in [0.2, 0.25) is 17.7 Å². The maximum absolute atomic E-state index is 13.7. The molecule has 12 heteroatoms. The summed E-state index contributed by atoms with van der Waals surface area (Å²) in [7, 11) is 0. The number of carbonyl (C=O) groups excluding carboxylic acids is 3. The smallest absolute Gasteiger partial charge is 0.326 e. The number of rotatable bonds is 16. The fourth-order valence-corrected chi connectivity index (χ4v) is 5.85. The second-order valence-corrected chi connectivity index (χ2v) is 12.7. The quantitative estimate of drug-likeness (QED) is 0.0988. The van der Waals surface area contributed by atoms with Crippen molar-refractivity contribution in [3.8, 4) is 0 Å². The van der Waals surface area contributed by atoms with Crippen LogP contribution < -0.4 is 21.7 Å². The number of carbonyl (C=O) groups is 4. The monoisotopic (exact) mass is 634 g/mol. The summed E-state index contributed by atoms with van der Waals surface area (Å²) in [5.74, 6) is -2.22. The number of carboxylic acid groups (broad SMARTS) is 1. The molecule has 0 saturated heterocycles. The second kappa shape index (κ2) is 15.6. The van der Waals surface area contributed by atoms with Crippen LogP contribution in [-0.2, 0) is 32.0 Å². The van der Waals surface area contributed by atoms with Crippen LogP contribution in [-0.4, -0.2) is 74.9 Å². The number of benzene rings is 2. The Kier molecular flexibility index (Phi) is 11.7. The van der Waals surface area contributed by atoms with Crippen LogP contribution in [0, 0.1) is 5.92 Å². The van der Waals surface area contributed by atoms with Gasteiger partial charge < -0.3 is 36.8 Å². The van der Waals surface area contributed by atoms with E-state index in [1.54, 1.807) is 6.20 Å². The minimum Gasteiger partial charge on any atom is -0.480 e. The number of carboxylic acids is 1. The molecule has 11 nitrogen and oxygen atoms in total. The molecule has 4 rings (SSSR count). The zero-order valence-corrected chi connectivity index (χ0v) is 26.6. The van der Waals surface area contributed by atoms with Crippen molar-refractivity contribution < 1.29 is 24.3 Å². The van der Waals surface area contributed by atoms with E-state index in [-0.39, 0.29) is 25.2 Å². The molecule has 4 atom stereocenters. The molecule has 0 saturated carbocycles. The lowest BCUT2D eigenvalue weighted by Crippen LogP contribution is -2.58. The molecule has 3 amide bonds. The summed E-state index contributed by atoms with van der Waals surface area (Å²) in [4.78, 5) is 58.8. The Balaban J connectivity index is 1.52. The molecule has 4 aromatic rings. The van der Waals surface area contributed by atoms with Gasteiger partial charge in [-0.15, -0.1) is 0 Å². The molecule has 0 aliphatic rings. The van der Waals surface area contributed by atoms with E-state index < -0.39 is 47.9 Å². The van der Waals surface area contributed by atoms with E-state index in [0.717, 1.165) is 32.9 Å². The maximum atomic E-state index is 13.7. The third kappa shape index (κ3) is 8.89. The van der Waals surface area contributed by atoms with Crippen molar-refractivity contribution in [2.75, 3.05) is 12.0 Å². The van der Waals surface area contributed by atoms with Crippen LogP contribution in [0.5, 0.6) is 0 Å². The molecular formula is C33H42N6O5S. The Morgan fingerprint density at radius 1 is 0.778 bits per heavy atom. The number of hydrogen-bond acceptors (Lipinski definition) is 6. The average molecular weight is 635 g/mol. The predicted molar refractivity (Wildman–Crippen MR) is 178 cm³/mol. The summed E-state index contributed by atoms with van der Waals surface area (Å²) in [6.45, 7) is 3.86. The van der Waals surface area contributed by atoms with Gasteiger partial charge in [0.25, 0.3) is 0 Å². The highest BCUT2D eigenvalue weighted by Crippen LogP contribution is 2.21. The Morgan fingerprint density at radius 3 is 1.84 bits per heavy atom. The number of nitrogens with one attached hydrogen (secondary N) is 5. The van der Waals surface area contributed by atoms with E-state index in [1.807, 2.05) is 74.8 Å². The van der Waals surface area contributed by atoms with Crippen LogP contribution in [0.3, 0.4) is 0 Å². The molecule has 8 N–H and O–H groups in total. The first kappa shape index (κ1) is 33.6. The van der Waals surface area contributed by atoms with Crippen LogP contribution in [0.1, 0.15) is 37.8 Å². The first-order valence-electron chi connectivity index (χ1n) is 15.1. The molecule has 0 radical (unpaired) electrons. The van der Waals surface area contributed by atoms with Crippen LogP contribution in [0.4, 0.5) is 0 Å². The van der Waals surface area contributed by atoms with Gasteiger partial charge in [-0.3, -0.25) is 14.4 Å². The van der Waals surface area contributed by atoms with Crippen molar-refractivity contribution in [1.82, 2.24) is 25.9 Å². The number of H-pyrrole nitrogens is 2. The van der Waals surface area contributed by atoms with Crippen LogP contribution in [0.2, 0.25) is 0 Å². The highest BCUT2D eigenvalue weighted by atomic mass is 32.2. The highest BCUT2D eigenvalue weighted by Gasteiger charge is 2.31. The standard InChI is InChI=1S/C33H42N6O5S/c1-19(2)14-28(38-30(40)24(34)15-20-17-35-25-10-6-4-8-22(20)25)31(41)39-29(32(42)37-27(33(43)44)12-13-45-3)16-21-18-36-26-11-7-5-9-23(21)26/h4-11,17-19,24,27-29,35-36H,12-16,34H2,1-3H3,(H,37,42)(H,38,40)(H,39,41)(H,43,44). The summed E-state index contributed by atoms with van der Waals surface area (Å²) in [6.07, 6.45) is 6.38. The molecule has 0 aliphatic heterocycles. The zero-order valence-electron chi connectivity index (χ0n) is 25.8. The van der Waals surface area contributed by atoms with Crippen LogP contribution in [0.25, 0.3) is 21.8 Å². The van der Waals surface area contributed by atoms with Crippen molar-refractivity contribution in [3.05, 3.63) is 72.1 Å². The zero-order chi connectivity index (χ0) is 32.5. The third-order valence-corrected chi connectivity index (χ3v) is 8.39. The molecule has 0 spiro atoms. The summed E-state index contributed by atoms with van der Waals surface area (Å²) < 4.78 is 0. The third-order valence-electron chi connectivity index (χ3n) is 7.75. The molecule has 45 heavy (non-hydrogen) atoms. The first-order valence-corrected chi connectivity index (χ1v) is 16.4. The molecule has 2 heterocycles. The van der Waals surface area contributed by atoms with Crippen molar-refractivity contribution >= 4 is 57.3 Å². The molecule has 0 bridgehead atoms. The second-order valence-electron chi connectivity index (χ2n) is 11.7. The summed E-state index contributed by atoms with van der Waals surface area (Å²) in [5.41, 5.74) is 9.80. The lowest BCUT2D eigenvalue weighted by atomic mass is 9.99. The molecule has 0 aliphatic carbocycles. The number of hydrogen-bond donors (Lipinski definition) is 7. The normalized spacial score (nSPS) is 14.2. The SMILES string of the molecule is CSCCC(NC(=O)C(Cc1c[nH]c2ccccc12)NC(=O)C(CC(C)C)NC(=O)C(N)Cc1c[nH]c2ccccc12)C(=O)O. The van der Waals surface area contributed by atoms with Gasteiger partial charge in [0, 0.05) is 40.6 Å². The minimum absolute atomic E-state index is 0.0368. The number of aromatic amines is 2. The summed E-state index contributed by atoms with van der Waals surface area (Å²) in [6, 6.07) is 11.2. The molecule has 4 unspecified atom stereocenters. The number of para-hydroxylation sites is 2. The van der Waals surface area contributed by atoms with Crippen molar-refractivity contribution in [2.45, 2.75) is 63.7 Å². The number of thioether (sulfide) groups is 1. The van der Waals surface area contributed by atoms with Crippen LogP contribution >= 0.6 is 11.8 Å². The van der Waals surface area contributed by atoms with E-state index in [4.69, 9.17) is 5.73 Å². The average Bonchev–Trinajstić information content (AvgIpc) is 3.62. The Morgan fingerprint density at radius 2 is 1.29 bits per heavy atom. The number of nitrogens with two attached hydrogens (primary N) is 1. The topological polar surface area (TPSA) is 182 Å². The van der Waals surface area contributed by atoms with Crippen molar-refractivity contribution in [2.24, 2.45) is 11.7 Å². The Bertz CT molecular complexity index is 1630. The fourth-order valence-electron chi connectivity index (χ4n) is 5.38. The molecule has 2 aromatic carbocycles. The summed E-state index contributed by atoms with van der Waals surface area (Å²) in [5, 5.41) is 19.8. The molecule has 2 aromatic heterocycles. The molecule has 0 fully saturated rings. The lowest BCUT2D eigenvalue weighted by Gasteiger charge is -2.26. The van der Waals surface area contributed by atoms with Gasteiger partial charge in [-0.25, -0.2) is 4.79 Å². The summed E-state index contributed by atoms with van der Waals surface area (Å²) >= 11 is 1.48. The number of aliphatic carboxylic acids is 1. The van der Waals surface area contributed by atoms with Gasteiger partial charge >= 0.3 is 5.97 Å². The number of fused-ring (bicyclic) bond motifs is 2. The molecule has 240 valence electrons. The lowest BCUT2D eigenvalue weighted by molar-refractivity contribution is -0.142. The van der Waals surface area contributed by atoms with E-state index in [0.29, 0.717) is 12.2 Å². The largest absolute Gasteiger partial charge is 0.480 e. The molecular weight excluding hydrogens is 592 g/mol. The van der Waals surface area contributed by atoms with E-state index in [1.165, 1.54) is 11.8 Å². The van der Waals surface area contributed by atoms with Gasteiger partial charge in [0.1, 0.15) is 18.1 Å². The van der Waals surface area contributed by atoms with Crippen molar-refractivity contribution in [1.29, 1.82) is 0 Å². The highest BCUT2D eigenvalue weighted by molar-refractivity contribution is 7.98. The van der Waals surface area contributed by atoms with Gasteiger partial charge in [-0.1, -0.05) is 50.2 Å². The van der Waals surface area contributed by atoms with Gasteiger partial charge in [-0.2, -0.15) is 11.8 Å². The fraction of sp³-hybridized carbons (Fsp3) is 0.394. The first-order chi connectivity index (χ1) is 21.6. The Labute approximate surface area is 266 Å². The van der Waals surface area contributed by atoms with Crippen molar-refractivity contribution in [3.63, 3.8) is 0 Å². The maximum Gasteiger partial charge on any atom is 0.326 e. The van der Waals surface area contributed by atoms with Gasteiger partial charge in [0.05, 0.1) is 6.04 Å². The predicted octanol–water partition coefficient (Wildman–Crippen LogP) is 3.10. The van der Waals surface area contributed by atoms with Crippen LogP contribution in [0.15, 0.2) is 60.9 Å². The van der Waals surface area contributed by atoms with Gasteiger partial charge in [0.15, 0.2) is 0 Å². The minimum atomic E-state index is -1.15. The van der Waals surface area contributed by atoms with Gasteiger partial charge in [-0.05, 0) is 60.4 Å². The Hall–Kier alpha value is -4.29. The number of amides is 3. The van der Waals surface area contributed by atoms with E-state index in [9.17, 15) is 24.3 Å². The van der Waals surface area contributed by atoms with E-state index in [2.05, 4.69) is 25.9 Å². The number of aromatic nitrogens is 2. The van der Waals surface area contributed by atoms with E-state index >= 15 is 0 Å².